The van der Waals surface area contributed by atoms with Crippen molar-refractivity contribution in [2.24, 2.45) is 0 Å². The van der Waals surface area contributed by atoms with E-state index >= 15 is 0 Å². The molecule has 20 heavy (non-hydrogen) atoms. The maximum atomic E-state index is 13.1. The highest BCUT2D eigenvalue weighted by Gasteiger charge is 2.16. The molecule has 0 aromatic heterocycles. The number of aliphatic hydroxyl groups is 1. The van der Waals surface area contributed by atoms with Crippen molar-refractivity contribution >= 4 is 0 Å². The van der Waals surface area contributed by atoms with Crippen molar-refractivity contribution in [2.75, 3.05) is 7.11 Å². The average Bonchev–Trinajstić information content (AvgIpc) is 2.41. The molecule has 2 rings (SSSR count). The Balaban J connectivity index is 2.43. The predicted molar refractivity (Wildman–Crippen MR) is 74.8 cm³/mol. The van der Waals surface area contributed by atoms with Gasteiger partial charge in [0.25, 0.3) is 0 Å². The molecule has 0 amide bonds. The van der Waals surface area contributed by atoms with Gasteiger partial charge in [0, 0.05) is 0 Å². The molecular weight excluding hydrogens is 259 g/mol. The number of ether oxygens (including phenoxy) is 2. The van der Waals surface area contributed by atoms with Crippen LogP contribution < -0.4 is 9.47 Å². The van der Waals surface area contributed by atoms with Gasteiger partial charge in [0.15, 0.2) is 0 Å². The number of hydrogen-bond donors (Lipinski definition) is 1. The normalized spacial score (nSPS) is 12.1. The molecule has 0 saturated heterocycles. The highest BCUT2D eigenvalue weighted by atomic mass is 19.1. The van der Waals surface area contributed by atoms with Gasteiger partial charge in [-0.3, -0.25) is 0 Å². The van der Waals surface area contributed by atoms with Crippen LogP contribution in [-0.4, -0.2) is 12.2 Å². The average molecular weight is 276 g/mol. The number of benzene rings is 2. The van der Waals surface area contributed by atoms with Crippen molar-refractivity contribution in [2.45, 2.75) is 20.0 Å². The van der Waals surface area contributed by atoms with Crippen LogP contribution in [0.3, 0.4) is 0 Å². The molecule has 106 valence electrons. The van der Waals surface area contributed by atoms with Crippen molar-refractivity contribution < 1.29 is 19.0 Å². The number of aryl methyl sites for hydroxylation is 1. The molecule has 0 fully saturated rings. The Kier molecular flexibility index (Phi) is 4.25. The third kappa shape index (κ3) is 2.91. The van der Waals surface area contributed by atoms with Gasteiger partial charge in [0.1, 0.15) is 23.1 Å². The molecule has 1 N–H and O–H groups in total. The molecule has 0 unspecified atom stereocenters. The van der Waals surface area contributed by atoms with Crippen molar-refractivity contribution in [3.05, 3.63) is 53.3 Å². The van der Waals surface area contributed by atoms with Gasteiger partial charge in [-0.2, -0.15) is 0 Å². The van der Waals surface area contributed by atoms with Crippen LogP contribution in [-0.2, 0) is 0 Å². The zero-order valence-electron chi connectivity index (χ0n) is 11.7. The summed E-state index contributed by atoms with van der Waals surface area (Å²) in [6.45, 7) is 3.41. The molecule has 0 spiro atoms. The van der Waals surface area contributed by atoms with Crippen molar-refractivity contribution in [1.82, 2.24) is 0 Å². The Hall–Kier alpha value is -2.07. The molecule has 0 aliphatic carbocycles. The number of methoxy groups -OCH3 is 1. The smallest absolute Gasteiger partial charge is 0.136 e. The lowest BCUT2D eigenvalue weighted by molar-refractivity contribution is 0.190. The number of hydrogen-bond acceptors (Lipinski definition) is 3. The third-order valence-corrected chi connectivity index (χ3v) is 3.02. The van der Waals surface area contributed by atoms with E-state index in [9.17, 15) is 9.50 Å². The van der Waals surface area contributed by atoms with Crippen LogP contribution in [0.1, 0.15) is 24.2 Å². The summed E-state index contributed by atoms with van der Waals surface area (Å²) in [4.78, 5) is 0. The van der Waals surface area contributed by atoms with Crippen LogP contribution in [0.4, 0.5) is 4.39 Å². The summed E-state index contributed by atoms with van der Waals surface area (Å²) in [6, 6.07) is 9.58. The molecule has 0 aliphatic rings. The Bertz CT molecular complexity index is 609. The van der Waals surface area contributed by atoms with E-state index in [2.05, 4.69) is 0 Å². The van der Waals surface area contributed by atoms with E-state index in [0.29, 0.717) is 28.4 Å². The summed E-state index contributed by atoms with van der Waals surface area (Å²) in [5.74, 6) is 1.28. The fraction of sp³-hybridized carbons (Fsp3) is 0.250. The summed E-state index contributed by atoms with van der Waals surface area (Å²) in [6.07, 6.45) is -0.734. The minimum Gasteiger partial charge on any atom is -0.496 e. The topological polar surface area (TPSA) is 38.7 Å². The van der Waals surface area contributed by atoms with Crippen molar-refractivity contribution in [3.8, 4) is 17.2 Å². The third-order valence-electron chi connectivity index (χ3n) is 3.02. The fourth-order valence-corrected chi connectivity index (χ4v) is 2.05. The summed E-state index contributed by atoms with van der Waals surface area (Å²) in [5, 5.41) is 9.89. The molecular formula is C16H17FO3. The van der Waals surface area contributed by atoms with Crippen LogP contribution in [0, 0.1) is 12.7 Å². The van der Waals surface area contributed by atoms with Gasteiger partial charge >= 0.3 is 0 Å². The molecule has 0 heterocycles. The SMILES string of the molecule is COc1cccc(Oc2ccc(F)cc2C)c1[C@H](C)O. The van der Waals surface area contributed by atoms with Crippen molar-refractivity contribution in [1.29, 1.82) is 0 Å². The van der Waals surface area contributed by atoms with Gasteiger partial charge in [-0.25, -0.2) is 4.39 Å². The molecule has 0 aliphatic heterocycles. The Morgan fingerprint density at radius 2 is 1.80 bits per heavy atom. The highest BCUT2D eigenvalue weighted by molar-refractivity contribution is 5.48. The zero-order chi connectivity index (χ0) is 14.7. The summed E-state index contributed by atoms with van der Waals surface area (Å²) in [5.41, 5.74) is 1.25. The molecule has 0 bridgehead atoms. The molecule has 0 radical (unpaired) electrons. The van der Waals surface area contributed by atoms with Gasteiger partial charge < -0.3 is 14.6 Å². The van der Waals surface area contributed by atoms with E-state index in [1.807, 2.05) is 0 Å². The summed E-state index contributed by atoms with van der Waals surface area (Å²) < 4.78 is 24.1. The first-order valence-corrected chi connectivity index (χ1v) is 6.32. The number of aliphatic hydroxyl groups excluding tert-OH is 1. The molecule has 2 aromatic carbocycles. The maximum Gasteiger partial charge on any atom is 0.136 e. The van der Waals surface area contributed by atoms with Crippen LogP contribution in [0.2, 0.25) is 0 Å². The molecule has 3 nitrogen and oxygen atoms in total. The highest BCUT2D eigenvalue weighted by Crippen LogP contribution is 2.37. The van der Waals surface area contributed by atoms with E-state index in [1.54, 1.807) is 38.1 Å². The first kappa shape index (κ1) is 14.3. The standard InChI is InChI=1S/C16H17FO3/c1-10-9-12(17)7-8-13(10)20-15-6-4-5-14(19-3)16(15)11(2)18/h4-9,11,18H,1-3H3/t11-/m0/s1. The summed E-state index contributed by atoms with van der Waals surface area (Å²) in [7, 11) is 1.54. The molecule has 4 heteroatoms. The largest absolute Gasteiger partial charge is 0.496 e. The van der Waals surface area contributed by atoms with Gasteiger partial charge in [-0.15, -0.1) is 0 Å². The predicted octanol–water partition coefficient (Wildman–Crippen LogP) is 3.99. The maximum absolute atomic E-state index is 13.1. The second-order valence-electron chi connectivity index (χ2n) is 4.56. The Morgan fingerprint density at radius 3 is 2.40 bits per heavy atom. The van der Waals surface area contributed by atoms with Crippen LogP contribution in [0.15, 0.2) is 36.4 Å². The quantitative estimate of drug-likeness (QED) is 0.917. The monoisotopic (exact) mass is 276 g/mol. The minimum absolute atomic E-state index is 0.309. The van der Waals surface area contributed by atoms with Gasteiger partial charge in [0.2, 0.25) is 0 Å². The lowest BCUT2D eigenvalue weighted by Crippen LogP contribution is -2.00. The zero-order valence-corrected chi connectivity index (χ0v) is 11.7. The van der Waals surface area contributed by atoms with Crippen LogP contribution in [0.5, 0.6) is 17.2 Å². The summed E-state index contributed by atoms with van der Waals surface area (Å²) >= 11 is 0. The van der Waals surface area contributed by atoms with E-state index in [-0.39, 0.29) is 5.82 Å². The Morgan fingerprint density at radius 1 is 1.10 bits per heavy atom. The van der Waals surface area contributed by atoms with Crippen LogP contribution in [0.25, 0.3) is 0 Å². The van der Waals surface area contributed by atoms with Gasteiger partial charge in [0.05, 0.1) is 18.8 Å². The second-order valence-corrected chi connectivity index (χ2v) is 4.56. The van der Waals surface area contributed by atoms with E-state index < -0.39 is 6.10 Å². The first-order chi connectivity index (χ1) is 9.52. The van der Waals surface area contributed by atoms with Crippen molar-refractivity contribution in [3.63, 3.8) is 0 Å². The fourth-order valence-electron chi connectivity index (χ4n) is 2.05. The molecule has 1 atom stereocenters. The van der Waals surface area contributed by atoms with Gasteiger partial charge in [-0.1, -0.05) is 6.07 Å². The molecule has 0 saturated carbocycles. The Labute approximate surface area is 117 Å². The second kappa shape index (κ2) is 5.92. The lowest BCUT2D eigenvalue weighted by Gasteiger charge is -2.17. The van der Waals surface area contributed by atoms with E-state index in [0.717, 1.165) is 0 Å². The lowest BCUT2D eigenvalue weighted by atomic mass is 10.1. The minimum atomic E-state index is -0.734. The van der Waals surface area contributed by atoms with Crippen LogP contribution >= 0.6 is 0 Å². The first-order valence-electron chi connectivity index (χ1n) is 6.32. The number of rotatable bonds is 4. The van der Waals surface area contributed by atoms with E-state index in [1.165, 1.54) is 19.2 Å². The molecule has 2 aromatic rings. The number of halogens is 1. The van der Waals surface area contributed by atoms with E-state index in [4.69, 9.17) is 9.47 Å². The van der Waals surface area contributed by atoms with Gasteiger partial charge in [-0.05, 0) is 49.7 Å².